The number of aryl methyl sites for hydroxylation is 2. The molecular weight excluding hydrogens is 258 g/mol. The molecule has 6 heteroatoms. The Morgan fingerprint density at radius 2 is 1.90 bits per heavy atom. The van der Waals surface area contributed by atoms with Crippen molar-refractivity contribution >= 4 is 23.9 Å². The molecule has 0 fully saturated rings. The van der Waals surface area contributed by atoms with Gasteiger partial charge in [-0.2, -0.15) is 0 Å². The van der Waals surface area contributed by atoms with E-state index in [2.05, 4.69) is 16.0 Å². The van der Waals surface area contributed by atoms with Gasteiger partial charge in [-0.25, -0.2) is 0 Å². The van der Waals surface area contributed by atoms with Crippen LogP contribution in [0.25, 0.3) is 0 Å². The second-order valence-corrected chi connectivity index (χ2v) is 4.45. The predicted molar refractivity (Wildman–Crippen MR) is 76.2 cm³/mol. The van der Waals surface area contributed by atoms with E-state index in [1.165, 1.54) is 0 Å². The Bertz CT molecular complexity index is 500. The number of amides is 3. The molecule has 3 amide bonds. The summed E-state index contributed by atoms with van der Waals surface area (Å²) in [5.41, 5.74) is 2.62. The van der Waals surface area contributed by atoms with Gasteiger partial charge in [-0.1, -0.05) is 17.7 Å². The van der Waals surface area contributed by atoms with E-state index in [1.54, 1.807) is 6.07 Å². The molecule has 0 bridgehead atoms. The number of benzene rings is 1. The zero-order valence-corrected chi connectivity index (χ0v) is 11.7. The lowest BCUT2D eigenvalue weighted by atomic mass is 10.1. The lowest BCUT2D eigenvalue weighted by Crippen LogP contribution is -2.36. The Kier molecular flexibility index (Phi) is 6.22. The van der Waals surface area contributed by atoms with Gasteiger partial charge in [0.1, 0.15) is 0 Å². The molecular formula is C14H19N3O3. The van der Waals surface area contributed by atoms with Gasteiger partial charge in [0.05, 0.1) is 0 Å². The van der Waals surface area contributed by atoms with Crippen LogP contribution < -0.4 is 16.0 Å². The van der Waals surface area contributed by atoms with Crippen LogP contribution in [0.4, 0.5) is 5.69 Å². The fourth-order valence-corrected chi connectivity index (χ4v) is 1.66. The highest BCUT2D eigenvalue weighted by Gasteiger charge is 2.13. The molecule has 0 spiro atoms. The van der Waals surface area contributed by atoms with Crippen molar-refractivity contribution in [2.24, 2.45) is 0 Å². The van der Waals surface area contributed by atoms with E-state index in [1.807, 2.05) is 26.0 Å². The van der Waals surface area contributed by atoms with Crippen molar-refractivity contribution in [2.45, 2.75) is 20.3 Å². The van der Waals surface area contributed by atoms with E-state index < -0.39 is 11.8 Å². The Balaban J connectivity index is 2.41. The second-order valence-electron chi connectivity index (χ2n) is 4.45. The fraction of sp³-hybridized carbons (Fsp3) is 0.357. The summed E-state index contributed by atoms with van der Waals surface area (Å²) in [7, 11) is 0. The van der Waals surface area contributed by atoms with Crippen molar-refractivity contribution in [2.75, 3.05) is 18.4 Å². The van der Waals surface area contributed by atoms with Gasteiger partial charge in [0, 0.05) is 18.8 Å². The molecule has 6 nitrogen and oxygen atoms in total. The van der Waals surface area contributed by atoms with Gasteiger partial charge in [-0.15, -0.1) is 0 Å². The van der Waals surface area contributed by atoms with Crippen molar-refractivity contribution in [3.05, 3.63) is 29.3 Å². The summed E-state index contributed by atoms with van der Waals surface area (Å²) in [6, 6.07) is 5.56. The van der Waals surface area contributed by atoms with Crippen LogP contribution >= 0.6 is 0 Å². The Hall–Kier alpha value is -2.37. The Morgan fingerprint density at radius 1 is 1.15 bits per heavy atom. The van der Waals surface area contributed by atoms with E-state index in [9.17, 15) is 14.4 Å². The number of hydrogen-bond donors (Lipinski definition) is 3. The van der Waals surface area contributed by atoms with E-state index in [-0.39, 0.29) is 0 Å². The molecule has 0 heterocycles. The molecule has 1 rings (SSSR count). The summed E-state index contributed by atoms with van der Waals surface area (Å²) in [6.07, 6.45) is 1.16. The molecule has 0 aliphatic rings. The SMILES string of the molecule is Cc1ccc(NC(=O)C(=O)NCCCNC=O)c(C)c1. The van der Waals surface area contributed by atoms with Crippen molar-refractivity contribution < 1.29 is 14.4 Å². The Morgan fingerprint density at radius 3 is 2.55 bits per heavy atom. The first kappa shape index (κ1) is 15.7. The fourth-order valence-electron chi connectivity index (χ4n) is 1.66. The van der Waals surface area contributed by atoms with Crippen LogP contribution in [0, 0.1) is 13.8 Å². The largest absolute Gasteiger partial charge is 0.359 e. The quantitative estimate of drug-likeness (QED) is 0.402. The highest BCUT2D eigenvalue weighted by atomic mass is 16.2. The summed E-state index contributed by atoms with van der Waals surface area (Å²) in [5.74, 6) is -1.38. The van der Waals surface area contributed by atoms with Gasteiger partial charge in [-0.05, 0) is 31.9 Å². The summed E-state index contributed by atoms with van der Waals surface area (Å²) in [4.78, 5) is 33.2. The van der Waals surface area contributed by atoms with Gasteiger partial charge in [0.15, 0.2) is 0 Å². The minimum atomic E-state index is -0.694. The van der Waals surface area contributed by atoms with Crippen LogP contribution in [-0.4, -0.2) is 31.3 Å². The van der Waals surface area contributed by atoms with Crippen molar-refractivity contribution in [3.63, 3.8) is 0 Å². The summed E-state index contributed by atoms with van der Waals surface area (Å²) >= 11 is 0. The molecule has 1 aromatic rings. The van der Waals surface area contributed by atoms with E-state index in [0.717, 1.165) is 11.1 Å². The zero-order chi connectivity index (χ0) is 15.0. The molecule has 0 radical (unpaired) electrons. The normalized spacial score (nSPS) is 9.70. The Labute approximate surface area is 117 Å². The first-order chi connectivity index (χ1) is 9.54. The molecule has 0 aliphatic carbocycles. The topological polar surface area (TPSA) is 87.3 Å². The summed E-state index contributed by atoms with van der Waals surface area (Å²) < 4.78 is 0. The molecule has 0 saturated heterocycles. The maximum Gasteiger partial charge on any atom is 0.313 e. The molecule has 0 aliphatic heterocycles. The molecule has 0 saturated carbocycles. The molecule has 0 aromatic heterocycles. The number of carbonyl (C=O) groups is 3. The molecule has 3 N–H and O–H groups in total. The van der Waals surface area contributed by atoms with E-state index in [4.69, 9.17) is 0 Å². The average molecular weight is 277 g/mol. The van der Waals surface area contributed by atoms with Gasteiger partial charge >= 0.3 is 11.8 Å². The second kappa shape index (κ2) is 7.93. The van der Waals surface area contributed by atoms with Crippen LogP contribution in [0.15, 0.2) is 18.2 Å². The molecule has 20 heavy (non-hydrogen) atoms. The summed E-state index contributed by atoms with van der Waals surface area (Å²) in [6.45, 7) is 4.62. The van der Waals surface area contributed by atoms with Crippen molar-refractivity contribution in [3.8, 4) is 0 Å². The lowest BCUT2D eigenvalue weighted by molar-refractivity contribution is -0.136. The zero-order valence-electron chi connectivity index (χ0n) is 11.7. The van der Waals surface area contributed by atoms with Gasteiger partial charge in [-0.3, -0.25) is 14.4 Å². The highest BCUT2D eigenvalue weighted by Crippen LogP contribution is 2.15. The van der Waals surface area contributed by atoms with Crippen LogP contribution in [-0.2, 0) is 14.4 Å². The highest BCUT2D eigenvalue weighted by molar-refractivity contribution is 6.39. The minimum Gasteiger partial charge on any atom is -0.359 e. The molecule has 108 valence electrons. The molecule has 0 atom stereocenters. The average Bonchev–Trinajstić information content (AvgIpc) is 2.41. The van der Waals surface area contributed by atoms with E-state index >= 15 is 0 Å². The van der Waals surface area contributed by atoms with Crippen molar-refractivity contribution in [1.29, 1.82) is 0 Å². The third-order valence-electron chi connectivity index (χ3n) is 2.70. The maximum absolute atomic E-state index is 11.7. The summed E-state index contributed by atoms with van der Waals surface area (Å²) in [5, 5.41) is 7.52. The van der Waals surface area contributed by atoms with Crippen LogP contribution in [0.5, 0.6) is 0 Å². The minimum absolute atomic E-state index is 0.333. The number of anilines is 1. The number of hydrogen-bond acceptors (Lipinski definition) is 3. The van der Waals surface area contributed by atoms with Gasteiger partial charge < -0.3 is 16.0 Å². The third kappa shape index (κ3) is 5.09. The lowest BCUT2D eigenvalue weighted by Gasteiger charge is -2.09. The van der Waals surface area contributed by atoms with Gasteiger partial charge in [0.25, 0.3) is 0 Å². The molecule has 0 unspecified atom stereocenters. The van der Waals surface area contributed by atoms with Crippen LogP contribution in [0.2, 0.25) is 0 Å². The predicted octanol–water partition coefficient (Wildman–Crippen LogP) is 0.494. The third-order valence-corrected chi connectivity index (χ3v) is 2.70. The van der Waals surface area contributed by atoms with Gasteiger partial charge in [0.2, 0.25) is 6.41 Å². The number of nitrogens with one attached hydrogen (secondary N) is 3. The first-order valence-corrected chi connectivity index (χ1v) is 6.38. The first-order valence-electron chi connectivity index (χ1n) is 6.38. The van der Waals surface area contributed by atoms with Crippen molar-refractivity contribution in [1.82, 2.24) is 10.6 Å². The standard InChI is InChI=1S/C14H19N3O3/c1-10-4-5-12(11(2)8-10)17-14(20)13(19)16-7-3-6-15-9-18/h4-5,8-9H,3,6-7H2,1-2H3,(H,15,18)(H,16,19)(H,17,20). The smallest absolute Gasteiger partial charge is 0.313 e. The number of rotatable bonds is 6. The van der Waals surface area contributed by atoms with Crippen LogP contribution in [0.3, 0.4) is 0 Å². The van der Waals surface area contributed by atoms with E-state index in [0.29, 0.717) is 31.6 Å². The van der Waals surface area contributed by atoms with Crippen LogP contribution in [0.1, 0.15) is 17.5 Å². The number of carbonyl (C=O) groups excluding carboxylic acids is 3. The monoisotopic (exact) mass is 277 g/mol. The maximum atomic E-state index is 11.7. The molecule has 1 aromatic carbocycles.